The van der Waals surface area contributed by atoms with Gasteiger partial charge in [0, 0.05) is 17.8 Å². The molecule has 8 nitrogen and oxygen atoms in total. The number of hydrogen-bond donors (Lipinski definition) is 0. The zero-order valence-electron chi connectivity index (χ0n) is 16.0. The number of hydrogen-bond acceptors (Lipinski definition) is 8. The van der Waals surface area contributed by atoms with Crippen molar-refractivity contribution in [3.63, 3.8) is 0 Å². The lowest BCUT2D eigenvalue weighted by atomic mass is 10.3. The number of aromatic nitrogens is 6. The third-order valence-corrected chi connectivity index (χ3v) is 6.94. The Morgan fingerprint density at radius 1 is 1.30 bits per heavy atom. The summed E-state index contributed by atoms with van der Waals surface area (Å²) in [5, 5.41) is 15.3. The summed E-state index contributed by atoms with van der Waals surface area (Å²) in [5.41, 5.74) is 0.532. The van der Waals surface area contributed by atoms with Crippen molar-refractivity contribution in [2.24, 2.45) is 0 Å². The Kier molecular flexibility index (Phi) is 5.21. The summed E-state index contributed by atoms with van der Waals surface area (Å²) in [6.07, 6.45) is 2.20. The minimum Gasteiger partial charge on any atom is -0.484 e. The van der Waals surface area contributed by atoms with Crippen LogP contribution in [0.3, 0.4) is 0 Å². The maximum Gasteiger partial charge on any atom is 0.275 e. The van der Waals surface area contributed by atoms with Crippen molar-refractivity contribution < 1.29 is 4.74 Å². The number of nitrogens with zero attached hydrogens (tertiary/aromatic N) is 6. The predicted molar refractivity (Wildman–Crippen MR) is 116 cm³/mol. The van der Waals surface area contributed by atoms with Crippen molar-refractivity contribution in [1.29, 1.82) is 0 Å². The molecule has 4 aromatic rings. The summed E-state index contributed by atoms with van der Waals surface area (Å²) in [6, 6.07) is 9.26. The molecule has 1 aromatic carbocycles. The number of thioether (sulfide) groups is 1. The van der Waals surface area contributed by atoms with Crippen LogP contribution in [0.2, 0.25) is 5.02 Å². The van der Waals surface area contributed by atoms with E-state index in [0.29, 0.717) is 39.8 Å². The maximum absolute atomic E-state index is 12.1. The van der Waals surface area contributed by atoms with Gasteiger partial charge in [-0.05, 0) is 31.9 Å². The zero-order valence-corrected chi connectivity index (χ0v) is 18.4. The average molecular weight is 461 g/mol. The standard InChI is InChI=1S/C19H17ClN6O2S2/c1-11-8-17(27)26-18(21-11)30-16(24-26)10-29-19-23-22-15(25(19)12-6-7-12)9-28-14-5-3-2-4-13(14)20/h2-5,8,12H,6-7,9-10H2,1H3. The second-order valence-electron chi connectivity index (χ2n) is 6.93. The van der Waals surface area contributed by atoms with Gasteiger partial charge in [-0.15, -0.1) is 10.2 Å². The van der Waals surface area contributed by atoms with E-state index in [2.05, 4.69) is 24.8 Å². The Hall–Kier alpha value is -2.43. The summed E-state index contributed by atoms with van der Waals surface area (Å²) in [7, 11) is 0. The van der Waals surface area contributed by atoms with Crippen molar-refractivity contribution >= 4 is 39.7 Å². The van der Waals surface area contributed by atoms with Crippen LogP contribution >= 0.6 is 34.7 Å². The van der Waals surface area contributed by atoms with Crippen molar-refractivity contribution in [2.75, 3.05) is 0 Å². The van der Waals surface area contributed by atoms with Crippen molar-refractivity contribution in [1.82, 2.24) is 29.4 Å². The largest absolute Gasteiger partial charge is 0.484 e. The second kappa shape index (κ2) is 8.01. The molecule has 0 unspecified atom stereocenters. The van der Waals surface area contributed by atoms with E-state index >= 15 is 0 Å². The monoisotopic (exact) mass is 460 g/mol. The molecular weight excluding hydrogens is 444 g/mol. The van der Waals surface area contributed by atoms with Crippen LogP contribution in [0.25, 0.3) is 4.96 Å². The molecule has 0 atom stereocenters. The van der Waals surface area contributed by atoms with Gasteiger partial charge < -0.3 is 4.74 Å². The molecular formula is C19H17ClN6O2S2. The Bertz CT molecular complexity index is 1280. The summed E-state index contributed by atoms with van der Waals surface area (Å²) >= 11 is 9.14. The molecule has 0 saturated heterocycles. The van der Waals surface area contributed by atoms with Gasteiger partial charge >= 0.3 is 0 Å². The fourth-order valence-corrected chi connectivity index (χ4v) is 5.20. The first kappa shape index (κ1) is 19.5. The summed E-state index contributed by atoms with van der Waals surface area (Å²) < 4.78 is 9.35. The number of fused-ring (bicyclic) bond motifs is 1. The van der Waals surface area contributed by atoms with E-state index in [9.17, 15) is 4.79 Å². The first-order chi connectivity index (χ1) is 14.6. The lowest BCUT2D eigenvalue weighted by Gasteiger charge is -2.10. The molecule has 11 heteroatoms. The fraction of sp³-hybridized carbons (Fsp3) is 0.316. The van der Waals surface area contributed by atoms with Crippen LogP contribution in [0, 0.1) is 6.92 Å². The van der Waals surface area contributed by atoms with Gasteiger partial charge in [0.25, 0.3) is 5.56 Å². The van der Waals surface area contributed by atoms with Gasteiger partial charge in [-0.2, -0.15) is 9.61 Å². The molecule has 1 aliphatic carbocycles. The molecule has 1 saturated carbocycles. The maximum atomic E-state index is 12.1. The predicted octanol–water partition coefficient (Wildman–Crippen LogP) is 3.91. The van der Waals surface area contributed by atoms with Gasteiger partial charge in [0.1, 0.15) is 17.4 Å². The van der Waals surface area contributed by atoms with Gasteiger partial charge in [-0.1, -0.05) is 46.8 Å². The number of benzene rings is 1. The van der Waals surface area contributed by atoms with Crippen LogP contribution in [0.4, 0.5) is 0 Å². The Balaban J connectivity index is 1.33. The number of para-hydroxylation sites is 1. The molecule has 0 spiro atoms. The highest BCUT2D eigenvalue weighted by atomic mass is 35.5. The van der Waals surface area contributed by atoms with E-state index in [1.165, 1.54) is 21.9 Å². The van der Waals surface area contributed by atoms with E-state index in [1.54, 1.807) is 24.8 Å². The van der Waals surface area contributed by atoms with Crippen LogP contribution in [0.15, 0.2) is 40.3 Å². The molecule has 5 rings (SSSR count). The molecule has 3 aromatic heterocycles. The van der Waals surface area contributed by atoms with E-state index in [4.69, 9.17) is 16.3 Å². The number of aryl methyl sites for hydroxylation is 1. The number of ether oxygens (including phenoxy) is 1. The van der Waals surface area contributed by atoms with Crippen molar-refractivity contribution in [3.8, 4) is 5.75 Å². The first-order valence-corrected chi connectivity index (χ1v) is 11.6. The van der Waals surface area contributed by atoms with Gasteiger partial charge in [0.2, 0.25) is 4.96 Å². The van der Waals surface area contributed by atoms with Crippen LogP contribution < -0.4 is 10.3 Å². The summed E-state index contributed by atoms with van der Waals surface area (Å²) in [4.78, 5) is 17.1. The van der Waals surface area contributed by atoms with Gasteiger partial charge in [-0.25, -0.2) is 4.98 Å². The molecule has 1 fully saturated rings. The van der Waals surface area contributed by atoms with Crippen molar-refractivity contribution in [2.45, 2.75) is 43.3 Å². The lowest BCUT2D eigenvalue weighted by Crippen LogP contribution is -2.14. The molecule has 0 radical (unpaired) electrons. The average Bonchev–Trinajstić information content (AvgIpc) is 3.34. The van der Waals surface area contributed by atoms with Gasteiger partial charge in [0.15, 0.2) is 11.0 Å². The Morgan fingerprint density at radius 2 is 2.13 bits per heavy atom. The van der Waals surface area contributed by atoms with E-state index in [0.717, 1.165) is 28.8 Å². The van der Waals surface area contributed by atoms with E-state index in [-0.39, 0.29) is 5.56 Å². The molecule has 154 valence electrons. The SMILES string of the molecule is Cc1cc(=O)n2nc(CSc3nnc(COc4ccccc4Cl)n3C3CC3)sc2n1. The Morgan fingerprint density at radius 3 is 2.93 bits per heavy atom. The van der Waals surface area contributed by atoms with Crippen LogP contribution in [0.1, 0.15) is 35.4 Å². The molecule has 0 aliphatic heterocycles. The molecule has 0 N–H and O–H groups in total. The van der Waals surface area contributed by atoms with E-state index in [1.807, 2.05) is 18.2 Å². The fourth-order valence-electron chi connectivity index (χ4n) is 3.05. The van der Waals surface area contributed by atoms with E-state index < -0.39 is 0 Å². The molecule has 0 amide bonds. The molecule has 0 bridgehead atoms. The highest BCUT2D eigenvalue weighted by Crippen LogP contribution is 2.39. The van der Waals surface area contributed by atoms with Crippen molar-refractivity contribution in [3.05, 3.63) is 62.2 Å². The first-order valence-electron chi connectivity index (χ1n) is 9.39. The summed E-state index contributed by atoms with van der Waals surface area (Å²) in [6.45, 7) is 2.10. The highest BCUT2D eigenvalue weighted by molar-refractivity contribution is 7.98. The zero-order chi connectivity index (χ0) is 20.7. The molecule has 3 heterocycles. The van der Waals surface area contributed by atoms with Crippen LogP contribution in [0.5, 0.6) is 5.75 Å². The highest BCUT2D eigenvalue weighted by Gasteiger charge is 2.30. The van der Waals surface area contributed by atoms with Gasteiger partial charge in [-0.3, -0.25) is 9.36 Å². The topological polar surface area (TPSA) is 87.2 Å². The quantitative estimate of drug-likeness (QED) is 0.386. The number of rotatable bonds is 7. The second-order valence-corrected chi connectivity index (χ2v) is 9.32. The third-order valence-electron chi connectivity index (χ3n) is 4.58. The Labute approximate surface area is 184 Å². The molecule has 1 aliphatic rings. The lowest BCUT2D eigenvalue weighted by molar-refractivity contribution is 0.288. The number of halogens is 1. The summed E-state index contributed by atoms with van der Waals surface area (Å²) in [5.74, 6) is 1.99. The van der Waals surface area contributed by atoms with Gasteiger partial charge in [0.05, 0.1) is 10.8 Å². The van der Waals surface area contributed by atoms with Crippen LogP contribution in [-0.2, 0) is 12.4 Å². The minimum absolute atomic E-state index is 0.162. The van der Waals surface area contributed by atoms with Crippen LogP contribution in [-0.4, -0.2) is 29.4 Å². The minimum atomic E-state index is -0.162. The molecule has 30 heavy (non-hydrogen) atoms. The third kappa shape index (κ3) is 3.94. The normalized spacial score (nSPS) is 13.8. The smallest absolute Gasteiger partial charge is 0.275 e.